The summed E-state index contributed by atoms with van der Waals surface area (Å²) in [6.07, 6.45) is 1.72. The highest BCUT2D eigenvalue weighted by Gasteiger charge is 2.56. The minimum absolute atomic E-state index is 0.272. The number of hydrogen-bond donors (Lipinski definition) is 2. The van der Waals surface area contributed by atoms with Gasteiger partial charge in [-0.25, -0.2) is 4.39 Å². The van der Waals surface area contributed by atoms with Crippen molar-refractivity contribution in [3.63, 3.8) is 0 Å². The van der Waals surface area contributed by atoms with Crippen LogP contribution in [0.4, 0.5) is 10.1 Å². The van der Waals surface area contributed by atoms with Crippen LogP contribution in [0.5, 0.6) is 0 Å². The van der Waals surface area contributed by atoms with Crippen molar-refractivity contribution in [2.24, 2.45) is 11.8 Å². The molecule has 3 unspecified atom stereocenters. The largest absolute Gasteiger partial charge is 0.480 e. The lowest BCUT2D eigenvalue weighted by molar-refractivity contribution is -0.142. The Morgan fingerprint density at radius 1 is 1.39 bits per heavy atom. The molecule has 120 valence electrons. The first-order valence-corrected chi connectivity index (χ1v) is 7.82. The molecule has 1 aromatic carbocycles. The van der Waals surface area contributed by atoms with E-state index < -0.39 is 12.0 Å². The second kappa shape index (κ2) is 5.16. The second-order valence-electron chi connectivity index (χ2n) is 6.49. The first kappa shape index (κ1) is 14.4. The van der Waals surface area contributed by atoms with Gasteiger partial charge in [-0.1, -0.05) is 0 Å². The van der Waals surface area contributed by atoms with Crippen LogP contribution in [0.2, 0.25) is 0 Å². The molecule has 2 fully saturated rings. The van der Waals surface area contributed by atoms with Crippen LogP contribution in [-0.2, 0) is 4.79 Å². The van der Waals surface area contributed by atoms with Gasteiger partial charge in [-0.3, -0.25) is 14.7 Å². The molecule has 2 aromatic rings. The van der Waals surface area contributed by atoms with E-state index in [4.69, 9.17) is 5.11 Å². The Morgan fingerprint density at radius 2 is 2.13 bits per heavy atom. The summed E-state index contributed by atoms with van der Waals surface area (Å²) >= 11 is 0. The van der Waals surface area contributed by atoms with Crippen molar-refractivity contribution in [3.05, 3.63) is 36.3 Å². The molecule has 1 saturated carbocycles. The molecule has 0 radical (unpaired) electrons. The molecule has 0 bridgehead atoms. The molecule has 4 rings (SSSR count). The van der Waals surface area contributed by atoms with Crippen LogP contribution in [0.25, 0.3) is 10.9 Å². The Balaban J connectivity index is 1.48. The number of carboxylic acid groups (broad SMARTS) is 1. The third-order valence-electron chi connectivity index (χ3n) is 5.15. The Morgan fingerprint density at radius 3 is 2.83 bits per heavy atom. The fraction of sp³-hybridized carbons (Fsp3) is 0.412. The fourth-order valence-electron chi connectivity index (χ4n) is 3.67. The monoisotopic (exact) mass is 315 g/mol. The molecule has 1 saturated heterocycles. The molecule has 6 heteroatoms. The number of likely N-dealkylation sites (tertiary alicyclic amines) is 1. The Labute approximate surface area is 133 Å². The van der Waals surface area contributed by atoms with Crippen LogP contribution in [0.15, 0.2) is 30.5 Å². The van der Waals surface area contributed by atoms with Gasteiger partial charge in [0.25, 0.3) is 0 Å². The number of nitrogens with zero attached hydrogens (tertiary/aromatic N) is 2. The van der Waals surface area contributed by atoms with E-state index in [1.54, 1.807) is 19.2 Å². The summed E-state index contributed by atoms with van der Waals surface area (Å²) in [4.78, 5) is 17.3. The summed E-state index contributed by atoms with van der Waals surface area (Å²) in [6.45, 7) is 3.33. The third-order valence-corrected chi connectivity index (χ3v) is 5.15. The summed E-state index contributed by atoms with van der Waals surface area (Å²) < 4.78 is 13.5. The molecule has 0 spiro atoms. The second-order valence-corrected chi connectivity index (χ2v) is 6.49. The first-order chi connectivity index (χ1) is 11.0. The van der Waals surface area contributed by atoms with E-state index in [9.17, 15) is 9.18 Å². The average molecular weight is 315 g/mol. The minimum Gasteiger partial charge on any atom is -0.480 e. The van der Waals surface area contributed by atoms with Crippen LogP contribution < -0.4 is 5.32 Å². The van der Waals surface area contributed by atoms with E-state index in [-0.39, 0.29) is 5.82 Å². The zero-order valence-corrected chi connectivity index (χ0v) is 12.7. The quantitative estimate of drug-likeness (QED) is 0.905. The average Bonchev–Trinajstić information content (AvgIpc) is 2.97. The van der Waals surface area contributed by atoms with Crippen molar-refractivity contribution < 1.29 is 14.3 Å². The van der Waals surface area contributed by atoms with E-state index in [0.717, 1.165) is 29.7 Å². The summed E-state index contributed by atoms with van der Waals surface area (Å²) in [5.74, 6) is -0.112. The van der Waals surface area contributed by atoms with Crippen LogP contribution in [0, 0.1) is 17.7 Å². The number of aliphatic carboxylic acids is 1. The molecule has 2 aliphatic rings. The van der Waals surface area contributed by atoms with Gasteiger partial charge in [0.15, 0.2) is 0 Å². The van der Waals surface area contributed by atoms with E-state index >= 15 is 0 Å². The van der Waals surface area contributed by atoms with Gasteiger partial charge < -0.3 is 10.4 Å². The molecule has 5 nitrogen and oxygen atoms in total. The molecule has 2 heterocycles. The summed E-state index contributed by atoms with van der Waals surface area (Å²) in [5, 5.41) is 13.4. The SMILES string of the molecule is CC(C(=O)O)N1CC2C(C1)C2Nc1ccnc2ccc(F)cc12. The number of benzene rings is 1. The number of carboxylic acids is 1. The molecular formula is C17H18FN3O2. The maximum absolute atomic E-state index is 13.5. The standard InChI is InChI=1S/C17H18FN3O2/c1-9(17(22)23)21-7-12-13(8-21)16(12)20-15-4-5-19-14-3-2-10(18)6-11(14)15/h2-6,9,12-13,16H,7-8H2,1H3,(H,19,20)(H,22,23). The number of carbonyl (C=O) groups is 1. The summed E-state index contributed by atoms with van der Waals surface area (Å²) in [5.41, 5.74) is 1.66. The number of fused-ring (bicyclic) bond motifs is 2. The predicted octanol–water partition coefficient (Wildman–Crippen LogP) is 2.19. The molecular weight excluding hydrogens is 297 g/mol. The number of hydrogen-bond acceptors (Lipinski definition) is 4. The topological polar surface area (TPSA) is 65.5 Å². The van der Waals surface area contributed by atoms with Crippen LogP contribution in [0.1, 0.15) is 6.92 Å². The number of anilines is 1. The lowest BCUT2D eigenvalue weighted by Gasteiger charge is -2.24. The van der Waals surface area contributed by atoms with Gasteiger partial charge in [0, 0.05) is 36.4 Å². The van der Waals surface area contributed by atoms with Crippen molar-refractivity contribution in [2.45, 2.75) is 19.0 Å². The molecule has 1 aliphatic heterocycles. The number of aromatic nitrogens is 1. The van der Waals surface area contributed by atoms with Crippen molar-refractivity contribution in [1.82, 2.24) is 9.88 Å². The zero-order valence-electron chi connectivity index (χ0n) is 12.7. The zero-order chi connectivity index (χ0) is 16.1. The van der Waals surface area contributed by atoms with Gasteiger partial charge in [0.2, 0.25) is 0 Å². The lowest BCUT2D eigenvalue weighted by atomic mass is 10.1. The van der Waals surface area contributed by atoms with Gasteiger partial charge in [-0.05, 0) is 43.0 Å². The van der Waals surface area contributed by atoms with Crippen LogP contribution in [-0.4, -0.2) is 46.1 Å². The normalized spacial score (nSPS) is 27.7. The van der Waals surface area contributed by atoms with Gasteiger partial charge >= 0.3 is 5.97 Å². The summed E-state index contributed by atoms with van der Waals surface area (Å²) in [6, 6.07) is 6.37. The van der Waals surface area contributed by atoms with E-state index in [1.165, 1.54) is 12.1 Å². The minimum atomic E-state index is -0.772. The number of pyridine rings is 1. The third kappa shape index (κ3) is 2.43. The maximum atomic E-state index is 13.5. The van der Waals surface area contributed by atoms with Crippen molar-refractivity contribution >= 4 is 22.6 Å². The number of nitrogens with one attached hydrogen (secondary N) is 1. The van der Waals surface area contributed by atoms with Crippen LogP contribution >= 0.6 is 0 Å². The number of rotatable bonds is 4. The van der Waals surface area contributed by atoms with Crippen molar-refractivity contribution in [3.8, 4) is 0 Å². The molecule has 1 aromatic heterocycles. The Kier molecular flexibility index (Phi) is 3.23. The molecule has 23 heavy (non-hydrogen) atoms. The highest BCUT2D eigenvalue weighted by atomic mass is 19.1. The smallest absolute Gasteiger partial charge is 0.320 e. The lowest BCUT2D eigenvalue weighted by Crippen LogP contribution is -2.40. The van der Waals surface area contributed by atoms with E-state index in [2.05, 4.69) is 10.3 Å². The number of piperidine rings is 1. The number of halogens is 1. The van der Waals surface area contributed by atoms with Gasteiger partial charge in [0.05, 0.1) is 5.52 Å². The van der Waals surface area contributed by atoms with E-state index in [0.29, 0.717) is 17.9 Å². The van der Waals surface area contributed by atoms with Crippen molar-refractivity contribution in [1.29, 1.82) is 0 Å². The van der Waals surface area contributed by atoms with Crippen molar-refractivity contribution in [2.75, 3.05) is 18.4 Å². The predicted molar refractivity (Wildman–Crippen MR) is 84.8 cm³/mol. The molecule has 1 aliphatic carbocycles. The Bertz CT molecular complexity index is 770. The Hall–Kier alpha value is -2.21. The molecule has 0 amide bonds. The first-order valence-electron chi connectivity index (χ1n) is 7.82. The maximum Gasteiger partial charge on any atom is 0.320 e. The fourth-order valence-corrected chi connectivity index (χ4v) is 3.67. The van der Waals surface area contributed by atoms with Gasteiger partial charge in [0.1, 0.15) is 11.9 Å². The van der Waals surface area contributed by atoms with E-state index in [1.807, 2.05) is 11.0 Å². The molecule has 2 N–H and O–H groups in total. The summed E-state index contributed by atoms with van der Waals surface area (Å²) in [7, 11) is 0. The van der Waals surface area contributed by atoms with Gasteiger partial charge in [-0.15, -0.1) is 0 Å². The highest BCUT2D eigenvalue weighted by molar-refractivity contribution is 5.91. The molecule has 3 atom stereocenters. The highest BCUT2D eigenvalue weighted by Crippen LogP contribution is 2.48. The van der Waals surface area contributed by atoms with Gasteiger partial charge in [-0.2, -0.15) is 0 Å². The van der Waals surface area contributed by atoms with Crippen LogP contribution in [0.3, 0.4) is 0 Å².